The minimum absolute atomic E-state index is 0.285. The summed E-state index contributed by atoms with van der Waals surface area (Å²) >= 11 is 0. The third-order valence-corrected chi connectivity index (χ3v) is 2.52. The number of hydrogen-bond acceptors (Lipinski definition) is 3. The Labute approximate surface area is 68.6 Å². The molecule has 0 aromatic rings. The fourth-order valence-electron chi connectivity index (χ4n) is 1.49. The van der Waals surface area contributed by atoms with Crippen LogP contribution >= 0.6 is 0 Å². The highest BCUT2D eigenvalue weighted by atomic mass is 16.3. The molecule has 1 heterocycles. The second-order valence-corrected chi connectivity index (χ2v) is 3.21. The van der Waals surface area contributed by atoms with Crippen molar-refractivity contribution in [2.24, 2.45) is 0 Å². The van der Waals surface area contributed by atoms with Gasteiger partial charge >= 0.3 is 0 Å². The van der Waals surface area contributed by atoms with E-state index >= 15 is 0 Å². The molecule has 3 nitrogen and oxygen atoms in total. The third kappa shape index (κ3) is 2.15. The first-order valence-electron chi connectivity index (χ1n) is 4.31. The van der Waals surface area contributed by atoms with Gasteiger partial charge in [-0.3, -0.25) is 4.90 Å². The number of piperazine rings is 1. The van der Waals surface area contributed by atoms with Crippen LogP contribution in [-0.4, -0.2) is 60.8 Å². The van der Waals surface area contributed by atoms with Gasteiger partial charge < -0.3 is 10.0 Å². The van der Waals surface area contributed by atoms with Crippen molar-refractivity contribution in [3.8, 4) is 0 Å². The van der Waals surface area contributed by atoms with Crippen molar-refractivity contribution in [1.29, 1.82) is 0 Å². The molecule has 0 aromatic carbocycles. The van der Waals surface area contributed by atoms with Crippen LogP contribution in [0.2, 0.25) is 0 Å². The van der Waals surface area contributed by atoms with Crippen molar-refractivity contribution >= 4 is 0 Å². The molecule has 0 aromatic heterocycles. The summed E-state index contributed by atoms with van der Waals surface area (Å²) in [5, 5.41) is 9.01. The first-order chi connectivity index (χ1) is 5.27. The Morgan fingerprint density at radius 2 is 2.18 bits per heavy atom. The summed E-state index contributed by atoms with van der Waals surface area (Å²) in [5.41, 5.74) is 0. The molecule has 1 atom stereocenters. The fourth-order valence-corrected chi connectivity index (χ4v) is 1.49. The van der Waals surface area contributed by atoms with E-state index < -0.39 is 0 Å². The van der Waals surface area contributed by atoms with E-state index in [1.807, 2.05) is 0 Å². The second kappa shape index (κ2) is 4.04. The van der Waals surface area contributed by atoms with Crippen LogP contribution in [0.3, 0.4) is 0 Å². The summed E-state index contributed by atoms with van der Waals surface area (Å²) in [5.74, 6) is 0. The highest BCUT2D eigenvalue weighted by Crippen LogP contribution is 2.05. The van der Waals surface area contributed by atoms with Crippen molar-refractivity contribution in [3.63, 3.8) is 0 Å². The molecular formula is C8H18N2O. The van der Waals surface area contributed by atoms with Crippen LogP contribution in [-0.2, 0) is 0 Å². The van der Waals surface area contributed by atoms with Gasteiger partial charge in [-0.2, -0.15) is 0 Å². The number of aliphatic hydroxyl groups excluding tert-OH is 1. The Hall–Kier alpha value is -0.120. The zero-order valence-electron chi connectivity index (χ0n) is 7.45. The number of hydrogen-bond donors (Lipinski definition) is 1. The van der Waals surface area contributed by atoms with Gasteiger partial charge in [-0.15, -0.1) is 0 Å². The average molecular weight is 158 g/mol. The molecule has 1 aliphatic heterocycles. The molecule has 0 spiro atoms. The Balaban J connectivity index is 2.37. The van der Waals surface area contributed by atoms with Crippen molar-refractivity contribution in [2.45, 2.75) is 13.0 Å². The lowest BCUT2D eigenvalue weighted by molar-refractivity contribution is 0.0604. The molecule has 0 bridgehead atoms. The average Bonchev–Trinajstić information content (AvgIpc) is 2.05. The summed E-state index contributed by atoms with van der Waals surface area (Å²) in [6.07, 6.45) is 0. The first kappa shape index (κ1) is 8.97. The van der Waals surface area contributed by atoms with Crippen LogP contribution in [0.15, 0.2) is 0 Å². The Kier molecular flexibility index (Phi) is 3.30. The van der Waals surface area contributed by atoms with E-state index in [1.54, 1.807) is 0 Å². The molecule has 0 radical (unpaired) electrons. The van der Waals surface area contributed by atoms with E-state index in [-0.39, 0.29) is 6.61 Å². The van der Waals surface area contributed by atoms with E-state index in [2.05, 4.69) is 23.8 Å². The molecule has 3 heteroatoms. The maximum atomic E-state index is 9.01. The lowest BCUT2D eigenvalue weighted by atomic mass is 10.2. The molecule has 1 rings (SSSR count). The smallest absolute Gasteiger partial charge is 0.0599 e. The van der Waals surface area contributed by atoms with Gasteiger partial charge in [0.05, 0.1) is 6.61 Å². The monoisotopic (exact) mass is 158 g/mol. The van der Waals surface area contributed by atoms with E-state index in [0.29, 0.717) is 6.04 Å². The Morgan fingerprint density at radius 1 is 1.45 bits per heavy atom. The van der Waals surface area contributed by atoms with Crippen molar-refractivity contribution in [2.75, 3.05) is 39.8 Å². The maximum Gasteiger partial charge on any atom is 0.0599 e. The maximum absolute atomic E-state index is 9.01. The number of likely N-dealkylation sites (N-methyl/N-ethyl adjacent to an activating group) is 2. The van der Waals surface area contributed by atoms with Crippen LogP contribution in [0.1, 0.15) is 6.92 Å². The molecule has 0 aliphatic carbocycles. The number of nitrogens with zero attached hydrogens (tertiary/aromatic N) is 2. The van der Waals surface area contributed by atoms with Gasteiger partial charge in [0, 0.05) is 25.7 Å². The summed E-state index contributed by atoms with van der Waals surface area (Å²) in [4.78, 5) is 4.60. The fraction of sp³-hybridized carbons (Fsp3) is 1.00. The molecule has 11 heavy (non-hydrogen) atoms. The van der Waals surface area contributed by atoms with Crippen LogP contribution in [0.25, 0.3) is 0 Å². The zero-order valence-corrected chi connectivity index (χ0v) is 7.45. The highest BCUT2D eigenvalue weighted by Gasteiger charge is 2.21. The van der Waals surface area contributed by atoms with Gasteiger partial charge in [0.25, 0.3) is 0 Å². The lowest BCUT2D eigenvalue weighted by Crippen LogP contribution is -2.52. The molecule has 1 saturated heterocycles. The van der Waals surface area contributed by atoms with Crippen molar-refractivity contribution in [3.05, 3.63) is 0 Å². The minimum atomic E-state index is 0.285. The van der Waals surface area contributed by atoms with Crippen LogP contribution in [0, 0.1) is 0 Å². The normalized spacial score (nSPS) is 29.2. The SMILES string of the molecule is CCN1CCN(C)[C@H](CO)C1. The van der Waals surface area contributed by atoms with Gasteiger partial charge in [0.15, 0.2) is 0 Å². The predicted octanol–water partition coefficient (Wildman–Crippen LogP) is -0.385. The van der Waals surface area contributed by atoms with Gasteiger partial charge in [0.1, 0.15) is 0 Å². The van der Waals surface area contributed by atoms with Gasteiger partial charge in [-0.1, -0.05) is 6.92 Å². The lowest BCUT2D eigenvalue weighted by Gasteiger charge is -2.37. The molecule has 0 saturated carbocycles. The largest absolute Gasteiger partial charge is 0.395 e. The molecule has 0 amide bonds. The zero-order chi connectivity index (χ0) is 8.27. The summed E-state index contributed by atoms with van der Waals surface area (Å²) in [6, 6.07) is 0.351. The van der Waals surface area contributed by atoms with Crippen LogP contribution < -0.4 is 0 Å². The third-order valence-electron chi connectivity index (χ3n) is 2.52. The quantitative estimate of drug-likeness (QED) is 0.593. The summed E-state index contributed by atoms with van der Waals surface area (Å²) < 4.78 is 0. The minimum Gasteiger partial charge on any atom is -0.395 e. The van der Waals surface area contributed by atoms with Gasteiger partial charge in [0.2, 0.25) is 0 Å². The van der Waals surface area contributed by atoms with E-state index in [1.165, 1.54) is 0 Å². The van der Waals surface area contributed by atoms with E-state index in [9.17, 15) is 0 Å². The molecule has 66 valence electrons. The molecule has 1 aliphatic rings. The second-order valence-electron chi connectivity index (χ2n) is 3.21. The van der Waals surface area contributed by atoms with Crippen molar-refractivity contribution in [1.82, 2.24) is 9.80 Å². The summed E-state index contributed by atoms with van der Waals surface area (Å²) in [6.45, 7) is 6.79. The standard InChI is InChI=1S/C8H18N2O/c1-3-10-5-4-9(2)8(6-10)7-11/h8,11H,3-7H2,1-2H3/t8-/m0/s1. The number of rotatable bonds is 2. The predicted molar refractivity (Wildman–Crippen MR) is 45.6 cm³/mol. The van der Waals surface area contributed by atoms with E-state index in [0.717, 1.165) is 26.2 Å². The first-order valence-corrected chi connectivity index (χ1v) is 4.31. The summed E-state index contributed by atoms with van der Waals surface area (Å²) in [7, 11) is 2.08. The topological polar surface area (TPSA) is 26.7 Å². The Bertz CT molecular complexity index is 119. The van der Waals surface area contributed by atoms with Gasteiger partial charge in [-0.25, -0.2) is 0 Å². The van der Waals surface area contributed by atoms with Crippen LogP contribution in [0.4, 0.5) is 0 Å². The van der Waals surface area contributed by atoms with Crippen LogP contribution in [0.5, 0.6) is 0 Å². The number of aliphatic hydroxyl groups is 1. The molecule has 0 unspecified atom stereocenters. The highest BCUT2D eigenvalue weighted by molar-refractivity contribution is 4.78. The molecule has 1 N–H and O–H groups in total. The van der Waals surface area contributed by atoms with Crippen molar-refractivity contribution < 1.29 is 5.11 Å². The molecular weight excluding hydrogens is 140 g/mol. The van der Waals surface area contributed by atoms with Gasteiger partial charge in [-0.05, 0) is 13.6 Å². The molecule has 1 fully saturated rings. The van der Waals surface area contributed by atoms with E-state index in [4.69, 9.17) is 5.11 Å². The Morgan fingerprint density at radius 3 is 2.73 bits per heavy atom.